The molecule has 0 saturated heterocycles. The van der Waals surface area contributed by atoms with Gasteiger partial charge in [0.05, 0.1) is 18.9 Å². The number of benzene rings is 1. The van der Waals surface area contributed by atoms with Gasteiger partial charge >= 0.3 is 5.97 Å². The molecule has 2 amide bonds. The number of hydrogen-bond donors (Lipinski definition) is 2. The van der Waals surface area contributed by atoms with Crippen LogP contribution in [-0.2, 0) is 9.53 Å². The summed E-state index contributed by atoms with van der Waals surface area (Å²) in [6.45, 7) is 3.65. The van der Waals surface area contributed by atoms with Gasteiger partial charge in [0.1, 0.15) is 10.9 Å². The molecule has 1 aromatic heterocycles. The van der Waals surface area contributed by atoms with Gasteiger partial charge in [-0.1, -0.05) is 37.3 Å². The molecule has 0 spiro atoms. The third kappa shape index (κ3) is 4.89. The fraction of sp³-hybridized carbons (Fsp3) is 0.294. The number of carbonyl (C=O) groups excluding carboxylic acids is 3. The van der Waals surface area contributed by atoms with Crippen LogP contribution in [0.15, 0.2) is 34.9 Å². The van der Waals surface area contributed by atoms with E-state index in [9.17, 15) is 14.4 Å². The lowest BCUT2D eigenvalue weighted by Gasteiger charge is -2.21. The predicted octanol–water partition coefficient (Wildman–Crippen LogP) is 3.09. The Labute approximate surface area is 163 Å². The second-order valence-corrected chi connectivity index (χ2v) is 7.57. The standard InChI is InChI=1S/C17H18BrN3O4S/c1-9(2)13(20-14(22)10-6-4-5-7-11(10)18)15(23)21-17-19-8-12(26-17)16(24)25-3/h4-9,13H,1-3H3,(H,20,22)(H,19,21,23)/t13-/m0/s1. The van der Waals surface area contributed by atoms with E-state index in [0.29, 0.717) is 10.0 Å². The van der Waals surface area contributed by atoms with Gasteiger partial charge in [-0.3, -0.25) is 9.59 Å². The lowest BCUT2D eigenvalue weighted by Crippen LogP contribution is -2.47. The molecule has 0 bridgehead atoms. The molecule has 0 aliphatic rings. The van der Waals surface area contributed by atoms with Gasteiger partial charge < -0.3 is 15.4 Å². The molecule has 26 heavy (non-hydrogen) atoms. The number of nitrogens with zero attached hydrogens (tertiary/aromatic N) is 1. The summed E-state index contributed by atoms with van der Waals surface area (Å²) in [7, 11) is 1.27. The minimum Gasteiger partial charge on any atom is -0.465 e. The van der Waals surface area contributed by atoms with Gasteiger partial charge in [0, 0.05) is 4.47 Å². The van der Waals surface area contributed by atoms with E-state index in [1.807, 2.05) is 13.8 Å². The lowest BCUT2D eigenvalue weighted by molar-refractivity contribution is -0.118. The van der Waals surface area contributed by atoms with Crippen molar-refractivity contribution < 1.29 is 19.1 Å². The van der Waals surface area contributed by atoms with Crippen molar-refractivity contribution in [1.29, 1.82) is 0 Å². The predicted molar refractivity (Wildman–Crippen MR) is 102 cm³/mol. The Morgan fingerprint density at radius 3 is 2.54 bits per heavy atom. The van der Waals surface area contributed by atoms with Crippen LogP contribution in [0, 0.1) is 5.92 Å². The van der Waals surface area contributed by atoms with Crippen molar-refractivity contribution >= 4 is 50.2 Å². The number of aromatic nitrogens is 1. The van der Waals surface area contributed by atoms with Gasteiger partial charge in [0.25, 0.3) is 5.91 Å². The number of amides is 2. The highest BCUT2D eigenvalue weighted by atomic mass is 79.9. The molecule has 1 aromatic carbocycles. The van der Waals surface area contributed by atoms with Crippen molar-refractivity contribution in [3.63, 3.8) is 0 Å². The van der Waals surface area contributed by atoms with Crippen LogP contribution in [0.4, 0.5) is 5.13 Å². The average molecular weight is 440 g/mol. The van der Waals surface area contributed by atoms with Crippen molar-refractivity contribution in [1.82, 2.24) is 10.3 Å². The number of hydrogen-bond acceptors (Lipinski definition) is 6. The zero-order valence-electron chi connectivity index (χ0n) is 14.4. The van der Waals surface area contributed by atoms with Crippen LogP contribution < -0.4 is 10.6 Å². The van der Waals surface area contributed by atoms with E-state index >= 15 is 0 Å². The molecular formula is C17H18BrN3O4S. The summed E-state index contributed by atoms with van der Waals surface area (Å²) in [6, 6.07) is 6.20. The number of carbonyl (C=O) groups is 3. The van der Waals surface area contributed by atoms with Crippen LogP contribution in [0.1, 0.15) is 33.9 Å². The second kappa shape index (κ2) is 8.91. The van der Waals surface area contributed by atoms with E-state index < -0.39 is 17.9 Å². The molecule has 2 N–H and O–H groups in total. The Hall–Kier alpha value is -2.26. The highest BCUT2D eigenvalue weighted by molar-refractivity contribution is 9.10. The highest BCUT2D eigenvalue weighted by Gasteiger charge is 2.26. The quantitative estimate of drug-likeness (QED) is 0.673. The Balaban J connectivity index is 2.10. The van der Waals surface area contributed by atoms with Crippen LogP contribution >= 0.6 is 27.3 Å². The Bertz CT molecular complexity index is 822. The second-order valence-electron chi connectivity index (χ2n) is 5.69. The molecule has 0 radical (unpaired) electrons. The van der Waals surface area contributed by atoms with Crippen molar-refractivity contribution in [3.8, 4) is 0 Å². The van der Waals surface area contributed by atoms with Gasteiger partial charge in [0.2, 0.25) is 5.91 Å². The molecule has 1 atom stereocenters. The van der Waals surface area contributed by atoms with E-state index in [-0.39, 0.29) is 21.8 Å². The fourth-order valence-electron chi connectivity index (χ4n) is 2.11. The molecule has 0 saturated carbocycles. The summed E-state index contributed by atoms with van der Waals surface area (Å²) >= 11 is 4.33. The first kappa shape index (κ1) is 20.1. The van der Waals surface area contributed by atoms with E-state index in [1.54, 1.807) is 24.3 Å². The van der Waals surface area contributed by atoms with Crippen LogP contribution in [-0.4, -0.2) is 35.9 Å². The molecule has 0 aliphatic carbocycles. The van der Waals surface area contributed by atoms with Gasteiger partial charge in [0.15, 0.2) is 5.13 Å². The van der Waals surface area contributed by atoms with Crippen LogP contribution in [0.2, 0.25) is 0 Å². The van der Waals surface area contributed by atoms with Gasteiger partial charge in [-0.05, 0) is 34.0 Å². The molecular weight excluding hydrogens is 422 g/mol. The number of esters is 1. The largest absolute Gasteiger partial charge is 0.465 e. The van der Waals surface area contributed by atoms with Crippen LogP contribution in [0.5, 0.6) is 0 Å². The van der Waals surface area contributed by atoms with E-state index in [0.717, 1.165) is 11.3 Å². The van der Waals surface area contributed by atoms with Crippen molar-refractivity contribution in [2.24, 2.45) is 5.92 Å². The SMILES string of the molecule is COC(=O)c1cnc(NC(=O)[C@@H](NC(=O)c2ccccc2Br)C(C)C)s1. The molecule has 1 heterocycles. The Kier molecular flexibility index (Phi) is 6.87. The number of methoxy groups -OCH3 is 1. The summed E-state index contributed by atoms with van der Waals surface area (Å²) in [6.07, 6.45) is 1.33. The first-order valence-corrected chi connectivity index (χ1v) is 9.34. The van der Waals surface area contributed by atoms with Gasteiger partial charge in [-0.2, -0.15) is 0 Å². The number of halogens is 1. The smallest absolute Gasteiger partial charge is 0.349 e. The maximum atomic E-state index is 12.6. The molecule has 0 fully saturated rings. The molecule has 138 valence electrons. The third-order valence-electron chi connectivity index (χ3n) is 3.48. The molecule has 7 nitrogen and oxygen atoms in total. The Morgan fingerprint density at radius 2 is 1.92 bits per heavy atom. The minimum atomic E-state index is -0.764. The summed E-state index contributed by atoms with van der Waals surface area (Å²) in [5, 5.41) is 5.63. The summed E-state index contributed by atoms with van der Waals surface area (Å²) in [4.78, 5) is 40.8. The monoisotopic (exact) mass is 439 g/mol. The van der Waals surface area contributed by atoms with Gasteiger partial charge in [-0.25, -0.2) is 9.78 Å². The number of rotatable bonds is 6. The fourth-order valence-corrected chi connectivity index (χ4v) is 3.31. The van der Waals surface area contributed by atoms with E-state index in [2.05, 4.69) is 36.3 Å². The van der Waals surface area contributed by atoms with E-state index in [4.69, 9.17) is 0 Å². The first-order valence-electron chi connectivity index (χ1n) is 7.74. The maximum absolute atomic E-state index is 12.6. The zero-order valence-corrected chi connectivity index (χ0v) is 16.8. The topological polar surface area (TPSA) is 97.4 Å². The molecule has 0 unspecified atom stereocenters. The first-order chi connectivity index (χ1) is 12.3. The zero-order chi connectivity index (χ0) is 19.3. The van der Waals surface area contributed by atoms with E-state index in [1.165, 1.54) is 13.3 Å². The number of nitrogens with one attached hydrogen (secondary N) is 2. The molecule has 2 aromatic rings. The number of thiazole rings is 1. The normalized spacial score (nSPS) is 11.7. The van der Waals surface area contributed by atoms with Crippen LogP contribution in [0.3, 0.4) is 0 Å². The van der Waals surface area contributed by atoms with Crippen molar-refractivity contribution in [3.05, 3.63) is 45.4 Å². The molecule has 0 aliphatic heterocycles. The maximum Gasteiger partial charge on any atom is 0.349 e. The third-order valence-corrected chi connectivity index (χ3v) is 5.06. The number of ether oxygens (including phenoxy) is 1. The number of anilines is 1. The van der Waals surface area contributed by atoms with Crippen LogP contribution in [0.25, 0.3) is 0 Å². The lowest BCUT2D eigenvalue weighted by atomic mass is 10.0. The molecule has 2 rings (SSSR count). The van der Waals surface area contributed by atoms with Crippen molar-refractivity contribution in [2.75, 3.05) is 12.4 Å². The summed E-state index contributed by atoms with van der Waals surface area (Å²) in [5.74, 6) is -1.45. The highest BCUT2D eigenvalue weighted by Crippen LogP contribution is 2.20. The minimum absolute atomic E-state index is 0.151. The Morgan fingerprint density at radius 1 is 1.23 bits per heavy atom. The van der Waals surface area contributed by atoms with Crippen molar-refractivity contribution in [2.45, 2.75) is 19.9 Å². The molecule has 9 heteroatoms. The summed E-state index contributed by atoms with van der Waals surface area (Å²) < 4.78 is 5.25. The van der Waals surface area contributed by atoms with Gasteiger partial charge in [-0.15, -0.1) is 0 Å². The summed E-state index contributed by atoms with van der Waals surface area (Å²) in [5.41, 5.74) is 0.438. The average Bonchev–Trinajstić information content (AvgIpc) is 3.07.